The second-order valence-corrected chi connectivity index (χ2v) is 7.98. The van der Waals surface area contributed by atoms with Gasteiger partial charge in [-0.05, 0) is 38.5 Å². The van der Waals surface area contributed by atoms with Crippen molar-refractivity contribution in [3.8, 4) is 0 Å². The quantitative estimate of drug-likeness (QED) is 0.920. The lowest BCUT2D eigenvalue weighted by Crippen LogP contribution is -2.72. The Bertz CT molecular complexity index is 634. The van der Waals surface area contributed by atoms with Gasteiger partial charge in [-0.1, -0.05) is 12.1 Å². The highest BCUT2D eigenvalue weighted by molar-refractivity contribution is 5.87. The maximum absolute atomic E-state index is 12.0. The molecule has 1 aromatic carbocycles. The second kappa shape index (κ2) is 5.77. The summed E-state index contributed by atoms with van der Waals surface area (Å²) in [5.74, 6) is -0.902. The third-order valence-corrected chi connectivity index (χ3v) is 4.43. The molecule has 2 saturated heterocycles. The van der Waals surface area contributed by atoms with E-state index in [1.54, 1.807) is 17.0 Å². The minimum atomic E-state index is -0.902. The monoisotopic (exact) mass is 332 g/mol. The number of carboxylic acid groups (broad SMARTS) is 1. The van der Waals surface area contributed by atoms with E-state index in [1.807, 2.05) is 32.9 Å². The molecule has 0 aromatic heterocycles. The topological polar surface area (TPSA) is 70.1 Å². The van der Waals surface area contributed by atoms with Crippen molar-refractivity contribution in [3.63, 3.8) is 0 Å². The molecule has 0 bridgehead atoms. The Morgan fingerprint density at radius 3 is 2.21 bits per heavy atom. The van der Waals surface area contributed by atoms with Gasteiger partial charge in [-0.25, -0.2) is 9.59 Å². The highest BCUT2D eigenvalue weighted by Crippen LogP contribution is 2.40. The largest absolute Gasteiger partial charge is 0.478 e. The first-order valence-corrected chi connectivity index (χ1v) is 8.18. The summed E-state index contributed by atoms with van der Waals surface area (Å²) < 4.78 is 5.38. The molecule has 2 aliphatic heterocycles. The second-order valence-electron chi connectivity index (χ2n) is 7.98. The third kappa shape index (κ3) is 3.53. The van der Waals surface area contributed by atoms with E-state index in [2.05, 4.69) is 4.90 Å². The molecule has 1 N–H and O–H groups in total. The summed E-state index contributed by atoms with van der Waals surface area (Å²) in [4.78, 5) is 26.9. The van der Waals surface area contributed by atoms with Crippen LogP contribution in [0.15, 0.2) is 24.3 Å². The summed E-state index contributed by atoms with van der Waals surface area (Å²) in [7, 11) is 0. The molecule has 2 aliphatic rings. The maximum Gasteiger partial charge on any atom is 0.410 e. The first kappa shape index (κ1) is 16.8. The average Bonchev–Trinajstić information content (AvgIpc) is 2.38. The molecule has 24 heavy (non-hydrogen) atoms. The van der Waals surface area contributed by atoms with Gasteiger partial charge >= 0.3 is 12.1 Å². The maximum atomic E-state index is 12.0. The number of carboxylic acids is 1. The lowest BCUT2D eigenvalue weighted by molar-refractivity contribution is -0.115. The van der Waals surface area contributed by atoms with E-state index in [4.69, 9.17) is 9.84 Å². The summed E-state index contributed by atoms with van der Waals surface area (Å²) in [5, 5.41) is 8.91. The molecule has 0 atom stereocenters. The number of benzene rings is 1. The Labute approximate surface area is 142 Å². The van der Waals surface area contributed by atoms with Crippen molar-refractivity contribution in [1.82, 2.24) is 9.80 Å². The molecule has 6 nitrogen and oxygen atoms in total. The van der Waals surface area contributed by atoms with Crippen molar-refractivity contribution < 1.29 is 19.4 Å². The van der Waals surface area contributed by atoms with Gasteiger partial charge in [-0.3, -0.25) is 4.90 Å². The molecule has 0 saturated carbocycles. The fourth-order valence-corrected chi connectivity index (χ4v) is 3.44. The highest BCUT2D eigenvalue weighted by Gasteiger charge is 2.53. The Kier molecular flexibility index (Phi) is 4.03. The van der Waals surface area contributed by atoms with Gasteiger partial charge in [0.25, 0.3) is 0 Å². The zero-order chi connectivity index (χ0) is 17.5. The Balaban J connectivity index is 1.44. The smallest absolute Gasteiger partial charge is 0.410 e. The number of aromatic carboxylic acids is 1. The summed E-state index contributed by atoms with van der Waals surface area (Å²) in [6.45, 7) is 9.89. The number of hydrogen-bond acceptors (Lipinski definition) is 4. The number of carbonyl (C=O) groups is 2. The molecule has 1 spiro atoms. The molecule has 2 fully saturated rings. The van der Waals surface area contributed by atoms with Crippen molar-refractivity contribution in [2.24, 2.45) is 5.41 Å². The van der Waals surface area contributed by atoms with Crippen molar-refractivity contribution in [1.29, 1.82) is 0 Å². The summed E-state index contributed by atoms with van der Waals surface area (Å²) >= 11 is 0. The molecular weight excluding hydrogens is 308 g/mol. The number of likely N-dealkylation sites (tertiary alicyclic amines) is 2. The standard InChI is InChI=1S/C18H24N2O4/c1-17(2,3)24-16(23)20-11-18(12-20)9-19(10-18)8-13-4-6-14(7-5-13)15(21)22/h4-7H,8-12H2,1-3H3,(H,21,22). The van der Waals surface area contributed by atoms with E-state index in [1.165, 1.54) is 0 Å². The van der Waals surface area contributed by atoms with Crippen LogP contribution in [0.25, 0.3) is 0 Å². The van der Waals surface area contributed by atoms with Gasteiger partial charge in [0, 0.05) is 38.1 Å². The SMILES string of the molecule is CC(C)(C)OC(=O)N1CC2(CN(Cc3ccc(C(=O)O)cc3)C2)C1. The number of amides is 1. The van der Waals surface area contributed by atoms with Gasteiger partial charge in [0.1, 0.15) is 5.60 Å². The van der Waals surface area contributed by atoms with Crippen LogP contribution in [-0.4, -0.2) is 58.7 Å². The summed E-state index contributed by atoms with van der Waals surface area (Å²) in [6.07, 6.45) is -0.226. The van der Waals surface area contributed by atoms with Gasteiger partial charge in [0.2, 0.25) is 0 Å². The zero-order valence-electron chi connectivity index (χ0n) is 14.4. The van der Waals surface area contributed by atoms with Crippen molar-refractivity contribution in [2.75, 3.05) is 26.2 Å². The van der Waals surface area contributed by atoms with Crippen LogP contribution in [-0.2, 0) is 11.3 Å². The van der Waals surface area contributed by atoms with Gasteiger partial charge in [-0.2, -0.15) is 0 Å². The first-order chi connectivity index (χ1) is 11.2. The van der Waals surface area contributed by atoms with E-state index >= 15 is 0 Å². The molecule has 1 amide bonds. The molecule has 1 aromatic rings. The van der Waals surface area contributed by atoms with Crippen LogP contribution < -0.4 is 0 Å². The predicted octanol–water partition coefficient (Wildman–Crippen LogP) is 2.44. The molecular formula is C18H24N2O4. The highest BCUT2D eigenvalue weighted by atomic mass is 16.6. The van der Waals surface area contributed by atoms with Crippen LogP contribution in [0.1, 0.15) is 36.7 Å². The minimum Gasteiger partial charge on any atom is -0.478 e. The van der Waals surface area contributed by atoms with Crippen LogP contribution in [0.3, 0.4) is 0 Å². The Morgan fingerprint density at radius 2 is 1.71 bits per heavy atom. The normalized spacial score (nSPS) is 19.5. The molecule has 0 aliphatic carbocycles. The van der Waals surface area contributed by atoms with E-state index in [-0.39, 0.29) is 11.5 Å². The molecule has 6 heteroatoms. The van der Waals surface area contributed by atoms with E-state index in [9.17, 15) is 9.59 Å². The van der Waals surface area contributed by atoms with Crippen LogP contribution in [0, 0.1) is 5.41 Å². The van der Waals surface area contributed by atoms with Crippen molar-refractivity contribution >= 4 is 12.1 Å². The molecule has 0 unspecified atom stereocenters. The van der Waals surface area contributed by atoms with Crippen molar-refractivity contribution in [3.05, 3.63) is 35.4 Å². The molecule has 2 heterocycles. The minimum absolute atomic E-state index is 0.220. The molecule has 3 rings (SSSR count). The Morgan fingerprint density at radius 1 is 1.12 bits per heavy atom. The number of nitrogens with zero attached hydrogens (tertiary/aromatic N) is 2. The fraction of sp³-hybridized carbons (Fsp3) is 0.556. The Hall–Kier alpha value is -2.08. The zero-order valence-corrected chi connectivity index (χ0v) is 14.4. The van der Waals surface area contributed by atoms with Crippen molar-refractivity contribution in [2.45, 2.75) is 32.9 Å². The first-order valence-electron chi connectivity index (χ1n) is 8.18. The van der Waals surface area contributed by atoms with E-state index in [0.717, 1.165) is 38.3 Å². The predicted molar refractivity (Wildman–Crippen MR) is 88.9 cm³/mol. The van der Waals surface area contributed by atoms with Crippen LogP contribution in [0.2, 0.25) is 0 Å². The van der Waals surface area contributed by atoms with E-state index < -0.39 is 11.6 Å². The number of hydrogen-bond donors (Lipinski definition) is 1. The summed E-state index contributed by atoms with van der Waals surface area (Å²) in [5.41, 5.74) is 1.19. The van der Waals surface area contributed by atoms with Crippen LogP contribution in [0.5, 0.6) is 0 Å². The molecule has 0 radical (unpaired) electrons. The number of carbonyl (C=O) groups excluding carboxylic acids is 1. The van der Waals surface area contributed by atoms with Gasteiger partial charge in [0.15, 0.2) is 0 Å². The third-order valence-electron chi connectivity index (χ3n) is 4.43. The van der Waals surface area contributed by atoms with E-state index in [0.29, 0.717) is 5.56 Å². The average molecular weight is 332 g/mol. The summed E-state index contributed by atoms with van der Waals surface area (Å²) in [6, 6.07) is 7.01. The van der Waals surface area contributed by atoms with Gasteiger partial charge < -0.3 is 14.7 Å². The number of ether oxygens (including phenoxy) is 1. The lowest BCUT2D eigenvalue weighted by Gasteiger charge is -2.60. The van der Waals surface area contributed by atoms with Gasteiger partial charge in [0.05, 0.1) is 5.56 Å². The van der Waals surface area contributed by atoms with Crippen LogP contribution in [0.4, 0.5) is 4.79 Å². The molecule has 130 valence electrons. The van der Waals surface area contributed by atoms with Crippen LogP contribution >= 0.6 is 0 Å². The van der Waals surface area contributed by atoms with Gasteiger partial charge in [-0.15, -0.1) is 0 Å². The fourth-order valence-electron chi connectivity index (χ4n) is 3.44. The number of rotatable bonds is 3. The lowest BCUT2D eigenvalue weighted by atomic mass is 9.73.